The van der Waals surface area contributed by atoms with Crippen LogP contribution in [0.3, 0.4) is 0 Å². The number of nitrogens with zero attached hydrogens (tertiary/aromatic N) is 2. The Kier molecular flexibility index (Phi) is 4.37. The van der Waals surface area contributed by atoms with E-state index in [0.717, 1.165) is 31.0 Å². The fraction of sp³-hybridized carbons (Fsp3) is 0.545. The van der Waals surface area contributed by atoms with Gasteiger partial charge in [0, 0.05) is 25.4 Å². The lowest BCUT2D eigenvalue weighted by Crippen LogP contribution is -2.26. The first-order chi connectivity index (χ1) is 7.19. The van der Waals surface area contributed by atoms with Gasteiger partial charge >= 0.3 is 0 Å². The molecule has 4 nitrogen and oxygen atoms in total. The molecule has 0 aliphatic carbocycles. The number of aliphatic hydroxyl groups excluding tert-OH is 1. The lowest BCUT2D eigenvalue weighted by molar-refractivity contribution is 0.289. The Labute approximate surface area is 90.7 Å². The van der Waals surface area contributed by atoms with Crippen molar-refractivity contribution in [2.24, 2.45) is 0 Å². The highest BCUT2D eigenvalue weighted by Crippen LogP contribution is 2.20. The second-order valence-corrected chi connectivity index (χ2v) is 3.52. The summed E-state index contributed by atoms with van der Waals surface area (Å²) in [4.78, 5) is 6.50. The normalized spacial score (nSPS) is 10.3. The second kappa shape index (κ2) is 5.56. The molecule has 0 atom stereocenters. The van der Waals surface area contributed by atoms with Gasteiger partial charge in [-0.05, 0) is 32.4 Å². The molecular formula is C11H19N3O. The van der Waals surface area contributed by atoms with Crippen molar-refractivity contribution < 1.29 is 5.11 Å². The molecule has 1 heterocycles. The van der Waals surface area contributed by atoms with Crippen LogP contribution in [0.1, 0.15) is 19.0 Å². The second-order valence-electron chi connectivity index (χ2n) is 3.52. The number of pyridine rings is 1. The maximum atomic E-state index is 8.80. The molecule has 0 saturated carbocycles. The van der Waals surface area contributed by atoms with Crippen molar-refractivity contribution in [3.05, 3.63) is 17.8 Å². The highest BCUT2D eigenvalue weighted by molar-refractivity contribution is 5.62. The minimum absolute atomic E-state index is 0.197. The predicted octanol–water partition coefficient (Wildman–Crippen LogP) is 1.18. The van der Waals surface area contributed by atoms with E-state index in [2.05, 4.69) is 16.8 Å². The van der Waals surface area contributed by atoms with Crippen LogP contribution >= 0.6 is 0 Å². The zero-order valence-corrected chi connectivity index (χ0v) is 9.40. The number of aromatic nitrogens is 1. The minimum Gasteiger partial charge on any atom is -0.396 e. The van der Waals surface area contributed by atoms with Gasteiger partial charge < -0.3 is 15.7 Å². The number of anilines is 2. The molecule has 0 aromatic carbocycles. The fourth-order valence-corrected chi connectivity index (χ4v) is 1.48. The van der Waals surface area contributed by atoms with Crippen molar-refractivity contribution in [3.8, 4) is 0 Å². The molecule has 4 heteroatoms. The van der Waals surface area contributed by atoms with E-state index in [1.54, 1.807) is 0 Å². The number of aryl methyl sites for hydroxylation is 1. The van der Waals surface area contributed by atoms with E-state index in [1.807, 2.05) is 19.1 Å². The third kappa shape index (κ3) is 3.09. The van der Waals surface area contributed by atoms with Gasteiger partial charge in [0.1, 0.15) is 0 Å². The van der Waals surface area contributed by atoms with Crippen molar-refractivity contribution in [1.82, 2.24) is 4.98 Å². The van der Waals surface area contributed by atoms with Crippen molar-refractivity contribution in [2.45, 2.75) is 20.3 Å². The highest BCUT2D eigenvalue weighted by Gasteiger charge is 2.09. The van der Waals surface area contributed by atoms with Crippen LogP contribution in [0.25, 0.3) is 0 Å². The number of hydrogen-bond acceptors (Lipinski definition) is 4. The summed E-state index contributed by atoms with van der Waals surface area (Å²) in [7, 11) is 0. The van der Waals surface area contributed by atoms with E-state index in [-0.39, 0.29) is 6.61 Å². The lowest BCUT2D eigenvalue weighted by Gasteiger charge is -2.23. The van der Waals surface area contributed by atoms with Crippen molar-refractivity contribution in [2.75, 3.05) is 30.3 Å². The van der Waals surface area contributed by atoms with Crippen molar-refractivity contribution in [1.29, 1.82) is 0 Å². The highest BCUT2D eigenvalue weighted by atomic mass is 16.3. The van der Waals surface area contributed by atoms with Gasteiger partial charge in [0.25, 0.3) is 0 Å². The minimum atomic E-state index is 0.197. The molecule has 84 valence electrons. The molecule has 0 saturated heterocycles. The van der Waals surface area contributed by atoms with Gasteiger partial charge in [-0.3, -0.25) is 0 Å². The number of nitrogen functional groups attached to an aromatic ring is 1. The van der Waals surface area contributed by atoms with Crippen LogP contribution in [0.2, 0.25) is 0 Å². The molecule has 0 amide bonds. The van der Waals surface area contributed by atoms with E-state index in [4.69, 9.17) is 10.8 Å². The Morgan fingerprint density at radius 1 is 1.47 bits per heavy atom. The van der Waals surface area contributed by atoms with Gasteiger partial charge in [0.05, 0.1) is 5.69 Å². The van der Waals surface area contributed by atoms with E-state index < -0.39 is 0 Å². The largest absolute Gasteiger partial charge is 0.396 e. The molecule has 15 heavy (non-hydrogen) atoms. The molecule has 1 aromatic rings. The Hall–Kier alpha value is -1.29. The summed E-state index contributed by atoms with van der Waals surface area (Å²) in [6, 6.07) is 3.78. The molecule has 0 aliphatic rings. The summed E-state index contributed by atoms with van der Waals surface area (Å²) in [5.41, 5.74) is 7.53. The van der Waals surface area contributed by atoms with Gasteiger partial charge in [0.2, 0.25) is 0 Å². The first-order valence-electron chi connectivity index (χ1n) is 5.28. The smallest absolute Gasteiger partial charge is 0.152 e. The Morgan fingerprint density at radius 3 is 2.80 bits per heavy atom. The molecule has 1 aromatic heterocycles. The maximum Gasteiger partial charge on any atom is 0.152 e. The quantitative estimate of drug-likeness (QED) is 0.764. The van der Waals surface area contributed by atoms with Crippen LogP contribution in [-0.2, 0) is 0 Å². The predicted molar refractivity (Wildman–Crippen MR) is 63.0 cm³/mol. The number of hydrogen-bond donors (Lipinski definition) is 2. The number of aliphatic hydroxyl groups is 1. The molecule has 0 unspecified atom stereocenters. The van der Waals surface area contributed by atoms with Crippen LogP contribution in [0.4, 0.5) is 11.5 Å². The van der Waals surface area contributed by atoms with Crippen LogP contribution in [0.5, 0.6) is 0 Å². The van der Waals surface area contributed by atoms with Crippen LogP contribution < -0.4 is 10.6 Å². The first-order valence-corrected chi connectivity index (χ1v) is 5.28. The summed E-state index contributed by atoms with van der Waals surface area (Å²) >= 11 is 0. The molecule has 0 fully saturated rings. The van der Waals surface area contributed by atoms with E-state index in [0.29, 0.717) is 5.69 Å². The summed E-state index contributed by atoms with van der Waals surface area (Å²) < 4.78 is 0. The van der Waals surface area contributed by atoms with E-state index in [9.17, 15) is 0 Å². The molecule has 0 radical (unpaired) electrons. The van der Waals surface area contributed by atoms with Gasteiger partial charge in [-0.25, -0.2) is 4.98 Å². The standard InChI is InChI=1S/C11H19N3O/c1-3-14(7-4-8-15)11-10(12)6-5-9(2)13-11/h5-6,15H,3-4,7-8,12H2,1-2H3. The van der Waals surface area contributed by atoms with Crippen LogP contribution in [-0.4, -0.2) is 29.8 Å². The van der Waals surface area contributed by atoms with Crippen LogP contribution in [0, 0.1) is 6.92 Å². The monoisotopic (exact) mass is 209 g/mol. The third-order valence-electron chi connectivity index (χ3n) is 2.31. The summed E-state index contributed by atoms with van der Waals surface area (Å²) in [5.74, 6) is 0.825. The maximum absolute atomic E-state index is 8.80. The van der Waals surface area contributed by atoms with Gasteiger partial charge in [-0.1, -0.05) is 0 Å². The van der Waals surface area contributed by atoms with Gasteiger partial charge in [-0.2, -0.15) is 0 Å². The lowest BCUT2D eigenvalue weighted by atomic mass is 10.3. The number of rotatable bonds is 5. The summed E-state index contributed by atoms with van der Waals surface area (Å²) in [5, 5.41) is 8.80. The molecule has 1 rings (SSSR count). The zero-order valence-electron chi connectivity index (χ0n) is 9.40. The van der Waals surface area contributed by atoms with Gasteiger partial charge in [-0.15, -0.1) is 0 Å². The number of nitrogens with two attached hydrogens (primary N) is 1. The van der Waals surface area contributed by atoms with E-state index >= 15 is 0 Å². The topological polar surface area (TPSA) is 62.4 Å². The molecule has 0 bridgehead atoms. The first kappa shape index (κ1) is 11.8. The summed E-state index contributed by atoms with van der Waals surface area (Å²) in [6.07, 6.45) is 0.739. The van der Waals surface area contributed by atoms with Gasteiger partial charge in [0.15, 0.2) is 5.82 Å². The Balaban J connectivity index is 2.85. The van der Waals surface area contributed by atoms with Crippen molar-refractivity contribution in [3.63, 3.8) is 0 Å². The Bertz CT molecular complexity index is 315. The SMILES string of the molecule is CCN(CCCO)c1nc(C)ccc1N. The Morgan fingerprint density at radius 2 is 2.20 bits per heavy atom. The average Bonchev–Trinajstić information content (AvgIpc) is 2.24. The zero-order chi connectivity index (χ0) is 11.3. The van der Waals surface area contributed by atoms with E-state index in [1.165, 1.54) is 0 Å². The fourth-order valence-electron chi connectivity index (χ4n) is 1.48. The summed E-state index contributed by atoms with van der Waals surface area (Å²) in [6.45, 7) is 5.83. The molecule has 0 spiro atoms. The average molecular weight is 209 g/mol. The third-order valence-corrected chi connectivity index (χ3v) is 2.31. The molecule has 0 aliphatic heterocycles. The molecular weight excluding hydrogens is 190 g/mol. The molecule has 3 N–H and O–H groups in total. The van der Waals surface area contributed by atoms with Crippen LogP contribution in [0.15, 0.2) is 12.1 Å². The van der Waals surface area contributed by atoms with Crippen molar-refractivity contribution >= 4 is 11.5 Å².